The van der Waals surface area contributed by atoms with Crippen LogP contribution in [0, 0.1) is 0 Å². The minimum atomic E-state index is -0.121. The molecule has 5 nitrogen and oxygen atoms in total. The van der Waals surface area contributed by atoms with Crippen molar-refractivity contribution < 1.29 is 14.3 Å². The highest BCUT2D eigenvalue weighted by atomic mass is 16.5. The highest BCUT2D eigenvalue weighted by Gasteiger charge is 2.05. The zero-order chi connectivity index (χ0) is 15.6. The Bertz CT molecular complexity index is 570. The number of benzene rings is 1. The van der Waals surface area contributed by atoms with E-state index >= 15 is 0 Å². The molecular weight excluding hydrogens is 280 g/mol. The monoisotopic (exact) mass is 300 g/mol. The summed E-state index contributed by atoms with van der Waals surface area (Å²) in [4.78, 5) is 16.0. The molecule has 0 aliphatic heterocycles. The van der Waals surface area contributed by atoms with Crippen molar-refractivity contribution in [3.63, 3.8) is 0 Å². The topological polar surface area (TPSA) is 60.5 Å². The molecule has 0 spiro atoms. The average Bonchev–Trinajstić information content (AvgIpc) is 2.58. The first-order chi connectivity index (χ1) is 10.8. The molecule has 22 heavy (non-hydrogen) atoms. The van der Waals surface area contributed by atoms with Crippen molar-refractivity contribution in [2.45, 2.75) is 13.5 Å². The number of amides is 1. The van der Waals surface area contributed by atoms with E-state index in [4.69, 9.17) is 9.47 Å². The van der Waals surface area contributed by atoms with E-state index in [-0.39, 0.29) is 5.91 Å². The zero-order valence-corrected chi connectivity index (χ0v) is 12.6. The van der Waals surface area contributed by atoms with Crippen LogP contribution in [0.15, 0.2) is 48.8 Å². The number of nitrogens with one attached hydrogen (secondary N) is 1. The smallest absolute Gasteiger partial charge is 0.251 e. The van der Waals surface area contributed by atoms with Crippen molar-refractivity contribution in [2.75, 3.05) is 19.8 Å². The van der Waals surface area contributed by atoms with Crippen LogP contribution in [-0.2, 0) is 11.3 Å². The van der Waals surface area contributed by atoms with E-state index in [0.717, 1.165) is 11.3 Å². The minimum absolute atomic E-state index is 0.121. The van der Waals surface area contributed by atoms with Gasteiger partial charge < -0.3 is 14.8 Å². The molecule has 0 radical (unpaired) electrons. The van der Waals surface area contributed by atoms with E-state index in [0.29, 0.717) is 31.9 Å². The Labute approximate surface area is 130 Å². The van der Waals surface area contributed by atoms with Crippen molar-refractivity contribution in [1.29, 1.82) is 0 Å². The SMILES string of the molecule is CCOCCOc1ccc(C(=O)NCc2cccnc2)cc1. The van der Waals surface area contributed by atoms with Crippen LogP contribution in [0.3, 0.4) is 0 Å². The van der Waals surface area contributed by atoms with Gasteiger partial charge in [0.05, 0.1) is 6.61 Å². The summed E-state index contributed by atoms with van der Waals surface area (Å²) >= 11 is 0. The van der Waals surface area contributed by atoms with Gasteiger partial charge in [-0.25, -0.2) is 0 Å². The zero-order valence-electron chi connectivity index (χ0n) is 12.6. The van der Waals surface area contributed by atoms with E-state index in [2.05, 4.69) is 10.3 Å². The molecule has 0 bridgehead atoms. The molecule has 0 atom stereocenters. The Morgan fingerprint density at radius 2 is 2.00 bits per heavy atom. The maximum atomic E-state index is 12.0. The minimum Gasteiger partial charge on any atom is -0.491 e. The quantitative estimate of drug-likeness (QED) is 0.761. The summed E-state index contributed by atoms with van der Waals surface area (Å²) in [5, 5.41) is 2.85. The maximum Gasteiger partial charge on any atom is 0.251 e. The van der Waals surface area contributed by atoms with E-state index in [9.17, 15) is 4.79 Å². The van der Waals surface area contributed by atoms with Gasteiger partial charge in [-0.15, -0.1) is 0 Å². The molecule has 0 aliphatic carbocycles. The van der Waals surface area contributed by atoms with Gasteiger partial charge in [0, 0.05) is 31.1 Å². The lowest BCUT2D eigenvalue weighted by molar-refractivity contribution is 0.0950. The normalized spacial score (nSPS) is 10.2. The van der Waals surface area contributed by atoms with E-state index < -0.39 is 0 Å². The van der Waals surface area contributed by atoms with Gasteiger partial charge in [-0.3, -0.25) is 9.78 Å². The molecular formula is C17H20N2O3. The molecule has 5 heteroatoms. The number of ether oxygens (including phenoxy) is 2. The van der Waals surface area contributed by atoms with Crippen molar-refractivity contribution in [3.05, 3.63) is 59.9 Å². The average molecular weight is 300 g/mol. The Balaban J connectivity index is 1.80. The standard InChI is InChI=1S/C17H20N2O3/c1-2-21-10-11-22-16-7-5-15(6-8-16)17(20)19-13-14-4-3-9-18-12-14/h3-9,12H,2,10-11,13H2,1H3,(H,19,20). The Morgan fingerprint density at radius 1 is 1.18 bits per heavy atom. The predicted molar refractivity (Wildman–Crippen MR) is 83.8 cm³/mol. The summed E-state index contributed by atoms with van der Waals surface area (Å²) in [7, 11) is 0. The Kier molecular flexibility index (Phi) is 6.39. The second kappa shape index (κ2) is 8.79. The van der Waals surface area contributed by atoms with E-state index in [1.165, 1.54) is 0 Å². The van der Waals surface area contributed by atoms with Crippen molar-refractivity contribution in [3.8, 4) is 5.75 Å². The number of carbonyl (C=O) groups is 1. The van der Waals surface area contributed by atoms with Crippen LogP contribution in [0.4, 0.5) is 0 Å². The van der Waals surface area contributed by atoms with Gasteiger partial charge in [0.15, 0.2) is 0 Å². The maximum absolute atomic E-state index is 12.0. The summed E-state index contributed by atoms with van der Waals surface area (Å²) in [5.41, 5.74) is 1.56. The molecule has 1 heterocycles. The van der Waals surface area contributed by atoms with E-state index in [1.807, 2.05) is 19.1 Å². The molecule has 1 amide bonds. The van der Waals surface area contributed by atoms with Gasteiger partial charge in [-0.1, -0.05) is 6.07 Å². The van der Waals surface area contributed by atoms with Gasteiger partial charge >= 0.3 is 0 Å². The van der Waals surface area contributed by atoms with Gasteiger partial charge in [0.25, 0.3) is 5.91 Å². The van der Waals surface area contributed by atoms with Crippen LogP contribution in [0.2, 0.25) is 0 Å². The third-order valence-electron chi connectivity index (χ3n) is 2.99. The molecule has 0 aliphatic rings. The fraction of sp³-hybridized carbons (Fsp3) is 0.294. The van der Waals surface area contributed by atoms with Gasteiger partial charge in [-0.2, -0.15) is 0 Å². The van der Waals surface area contributed by atoms with Crippen molar-refractivity contribution in [2.24, 2.45) is 0 Å². The van der Waals surface area contributed by atoms with Crippen molar-refractivity contribution >= 4 is 5.91 Å². The molecule has 1 aromatic heterocycles. The predicted octanol–water partition coefficient (Wildman–Crippen LogP) is 2.43. The van der Waals surface area contributed by atoms with Crippen LogP contribution < -0.4 is 10.1 Å². The second-order valence-electron chi connectivity index (χ2n) is 4.61. The number of nitrogens with zero attached hydrogens (tertiary/aromatic N) is 1. The molecule has 0 saturated heterocycles. The Morgan fingerprint density at radius 3 is 2.68 bits per heavy atom. The van der Waals surface area contributed by atoms with Crippen molar-refractivity contribution in [1.82, 2.24) is 10.3 Å². The highest BCUT2D eigenvalue weighted by molar-refractivity contribution is 5.94. The van der Waals surface area contributed by atoms with E-state index in [1.54, 1.807) is 36.7 Å². The molecule has 2 aromatic rings. The number of hydrogen-bond acceptors (Lipinski definition) is 4. The third-order valence-corrected chi connectivity index (χ3v) is 2.99. The second-order valence-corrected chi connectivity index (χ2v) is 4.61. The summed E-state index contributed by atoms with van der Waals surface area (Å²) in [6, 6.07) is 10.8. The summed E-state index contributed by atoms with van der Waals surface area (Å²) < 4.78 is 10.7. The van der Waals surface area contributed by atoms with Crippen LogP contribution >= 0.6 is 0 Å². The third kappa shape index (κ3) is 5.18. The lowest BCUT2D eigenvalue weighted by Crippen LogP contribution is -2.22. The van der Waals surface area contributed by atoms with Gasteiger partial charge in [0.2, 0.25) is 0 Å². The summed E-state index contributed by atoms with van der Waals surface area (Å²) in [5.74, 6) is 0.605. The van der Waals surface area contributed by atoms with Crippen LogP contribution in [0.25, 0.3) is 0 Å². The van der Waals surface area contributed by atoms with Crippen LogP contribution in [-0.4, -0.2) is 30.7 Å². The number of hydrogen-bond donors (Lipinski definition) is 1. The molecule has 1 aromatic carbocycles. The largest absolute Gasteiger partial charge is 0.491 e. The lowest BCUT2D eigenvalue weighted by atomic mass is 10.2. The highest BCUT2D eigenvalue weighted by Crippen LogP contribution is 2.12. The lowest BCUT2D eigenvalue weighted by Gasteiger charge is -2.08. The summed E-state index contributed by atoms with van der Waals surface area (Å²) in [6.07, 6.45) is 3.44. The first-order valence-electron chi connectivity index (χ1n) is 7.27. The molecule has 1 N–H and O–H groups in total. The Hall–Kier alpha value is -2.40. The molecule has 2 rings (SSSR count). The number of rotatable bonds is 8. The number of carbonyl (C=O) groups excluding carboxylic acids is 1. The van der Waals surface area contributed by atoms with Gasteiger partial charge in [-0.05, 0) is 42.8 Å². The fourth-order valence-electron chi connectivity index (χ4n) is 1.85. The van der Waals surface area contributed by atoms with Crippen LogP contribution in [0.1, 0.15) is 22.8 Å². The number of aromatic nitrogens is 1. The molecule has 116 valence electrons. The molecule has 0 fully saturated rings. The van der Waals surface area contributed by atoms with Gasteiger partial charge in [0.1, 0.15) is 12.4 Å². The molecule has 0 saturated carbocycles. The molecule has 0 unspecified atom stereocenters. The summed E-state index contributed by atoms with van der Waals surface area (Å²) in [6.45, 7) is 4.14. The first-order valence-corrected chi connectivity index (χ1v) is 7.27. The van der Waals surface area contributed by atoms with Crippen LogP contribution in [0.5, 0.6) is 5.75 Å². The number of pyridine rings is 1. The fourth-order valence-corrected chi connectivity index (χ4v) is 1.85. The first kappa shape index (κ1) is 16.0.